The zero-order valence-corrected chi connectivity index (χ0v) is 12.7. The second-order valence-corrected chi connectivity index (χ2v) is 5.62. The molecule has 1 aromatic heterocycles. The van der Waals surface area contributed by atoms with Crippen molar-refractivity contribution in [3.8, 4) is 0 Å². The van der Waals surface area contributed by atoms with Gasteiger partial charge in [0.2, 0.25) is 5.91 Å². The molecule has 1 fully saturated rings. The highest BCUT2D eigenvalue weighted by atomic mass is 16.3. The van der Waals surface area contributed by atoms with Crippen LogP contribution in [0.3, 0.4) is 0 Å². The first-order chi connectivity index (χ1) is 10.6. The second-order valence-electron chi connectivity index (χ2n) is 5.62. The van der Waals surface area contributed by atoms with Crippen LogP contribution in [0.25, 0.3) is 0 Å². The molecule has 1 saturated carbocycles. The number of amides is 3. The number of carbonyl (C=O) groups excluding carboxylic acids is 2. The van der Waals surface area contributed by atoms with Crippen LogP contribution in [0, 0.1) is 5.92 Å². The second kappa shape index (κ2) is 7.83. The molecule has 9 heteroatoms. The van der Waals surface area contributed by atoms with Gasteiger partial charge in [0, 0.05) is 12.5 Å². The molecule has 0 unspecified atom stereocenters. The minimum Gasteiger partial charge on any atom is -0.396 e. The number of aliphatic hydroxyl groups is 1. The predicted octanol–water partition coefficient (Wildman–Crippen LogP) is -0.388. The van der Waals surface area contributed by atoms with E-state index < -0.39 is 11.9 Å². The number of nitrogens with one attached hydrogen (secondary N) is 2. The predicted molar refractivity (Wildman–Crippen MR) is 76.7 cm³/mol. The number of urea groups is 1. The summed E-state index contributed by atoms with van der Waals surface area (Å²) in [5.74, 6) is 0.330. The average molecular weight is 310 g/mol. The molecule has 0 bridgehead atoms. The summed E-state index contributed by atoms with van der Waals surface area (Å²) in [5.41, 5.74) is 0. The van der Waals surface area contributed by atoms with Gasteiger partial charge in [-0.15, -0.1) is 5.10 Å². The van der Waals surface area contributed by atoms with E-state index in [1.165, 1.54) is 11.1 Å². The quantitative estimate of drug-likeness (QED) is 0.681. The number of tetrazole rings is 1. The van der Waals surface area contributed by atoms with E-state index in [0.717, 1.165) is 19.3 Å². The van der Waals surface area contributed by atoms with E-state index in [1.54, 1.807) is 0 Å². The average Bonchev–Trinajstić information content (AvgIpc) is 2.89. The summed E-state index contributed by atoms with van der Waals surface area (Å²) >= 11 is 0. The smallest absolute Gasteiger partial charge is 0.321 e. The summed E-state index contributed by atoms with van der Waals surface area (Å²) in [6.07, 6.45) is 4.57. The lowest BCUT2D eigenvalue weighted by molar-refractivity contribution is -0.120. The van der Waals surface area contributed by atoms with Gasteiger partial charge in [-0.1, -0.05) is 19.8 Å². The van der Waals surface area contributed by atoms with Crippen LogP contribution in [-0.4, -0.2) is 49.9 Å². The third kappa shape index (κ3) is 4.48. The molecule has 0 aromatic carbocycles. The fraction of sp³-hybridized carbons (Fsp3) is 0.769. The van der Waals surface area contributed by atoms with Crippen molar-refractivity contribution in [1.29, 1.82) is 0 Å². The normalized spacial score (nSPS) is 21.4. The molecule has 3 N–H and O–H groups in total. The van der Waals surface area contributed by atoms with Crippen LogP contribution >= 0.6 is 0 Å². The molecule has 22 heavy (non-hydrogen) atoms. The Bertz CT molecular complexity index is 518. The number of nitrogens with zero attached hydrogens (tertiary/aromatic N) is 4. The maximum Gasteiger partial charge on any atom is 0.321 e. The van der Waals surface area contributed by atoms with Crippen LogP contribution < -0.4 is 10.6 Å². The molecule has 2 atom stereocenters. The highest BCUT2D eigenvalue weighted by Crippen LogP contribution is 2.23. The van der Waals surface area contributed by atoms with Gasteiger partial charge in [-0.3, -0.25) is 10.1 Å². The SMILES string of the molecule is C[C@H]1CCCC[C@H]1NC(=O)NC(=O)Cn1nnnc1CCO. The Morgan fingerprint density at radius 3 is 2.86 bits per heavy atom. The topological polar surface area (TPSA) is 122 Å². The number of hydrogen-bond acceptors (Lipinski definition) is 6. The van der Waals surface area contributed by atoms with Crippen LogP contribution in [0.4, 0.5) is 4.79 Å². The van der Waals surface area contributed by atoms with Gasteiger partial charge in [0.25, 0.3) is 0 Å². The van der Waals surface area contributed by atoms with E-state index >= 15 is 0 Å². The number of imide groups is 1. The van der Waals surface area contributed by atoms with E-state index in [9.17, 15) is 9.59 Å². The van der Waals surface area contributed by atoms with Gasteiger partial charge < -0.3 is 10.4 Å². The Labute approximate surface area is 128 Å². The molecule has 0 saturated heterocycles. The lowest BCUT2D eigenvalue weighted by Crippen LogP contribution is -2.48. The molecule has 1 aliphatic rings. The van der Waals surface area contributed by atoms with Crippen molar-refractivity contribution >= 4 is 11.9 Å². The third-order valence-electron chi connectivity index (χ3n) is 3.92. The van der Waals surface area contributed by atoms with Crippen LogP contribution in [0.2, 0.25) is 0 Å². The summed E-state index contributed by atoms with van der Waals surface area (Å²) in [7, 11) is 0. The number of hydrogen-bond donors (Lipinski definition) is 3. The minimum absolute atomic E-state index is 0.109. The van der Waals surface area contributed by atoms with Gasteiger partial charge in [-0.2, -0.15) is 0 Å². The lowest BCUT2D eigenvalue weighted by Gasteiger charge is -2.29. The zero-order valence-electron chi connectivity index (χ0n) is 12.7. The van der Waals surface area contributed by atoms with Gasteiger partial charge >= 0.3 is 6.03 Å². The molecule has 9 nitrogen and oxygen atoms in total. The van der Waals surface area contributed by atoms with Gasteiger partial charge in [-0.25, -0.2) is 9.48 Å². The maximum absolute atomic E-state index is 11.9. The number of carbonyl (C=O) groups is 2. The number of aliphatic hydroxyl groups excluding tert-OH is 1. The van der Waals surface area contributed by atoms with E-state index in [2.05, 4.69) is 33.1 Å². The Hall–Kier alpha value is -2.03. The van der Waals surface area contributed by atoms with Gasteiger partial charge in [-0.05, 0) is 29.2 Å². The van der Waals surface area contributed by atoms with Crippen molar-refractivity contribution in [3.63, 3.8) is 0 Å². The molecule has 122 valence electrons. The molecule has 0 spiro atoms. The van der Waals surface area contributed by atoms with E-state index in [0.29, 0.717) is 11.7 Å². The number of rotatable bonds is 5. The van der Waals surface area contributed by atoms with Gasteiger partial charge in [0.05, 0.1) is 6.61 Å². The fourth-order valence-corrected chi connectivity index (χ4v) is 2.66. The zero-order chi connectivity index (χ0) is 15.9. The fourth-order valence-electron chi connectivity index (χ4n) is 2.66. The molecule has 0 aliphatic heterocycles. The maximum atomic E-state index is 11.9. The van der Waals surface area contributed by atoms with Gasteiger partial charge in [0.15, 0.2) is 5.82 Å². The molecule has 2 rings (SSSR count). The van der Waals surface area contributed by atoms with Crippen molar-refractivity contribution in [1.82, 2.24) is 30.8 Å². The Morgan fingerprint density at radius 1 is 1.36 bits per heavy atom. The van der Waals surface area contributed by atoms with Crippen LogP contribution in [0.5, 0.6) is 0 Å². The van der Waals surface area contributed by atoms with Crippen molar-refractivity contribution in [2.45, 2.75) is 51.6 Å². The number of aromatic nitrogens is 4. The summed E-state index contributed by atoms with van der Waals surface area (Å²) in [6, 6.07) is -0.375. The summed E-state index contributed by atoms with van der Waals surface area (Å²) in [5, 5.41) is 24.8. The minimum atomic E-state index is -0.493. The van der Waals surface area contributed by atoms with E-state index in [1.807, 2.05) is 0 Å². The van der Waals surface area contributed by atoms with Crippen LogP contribution in [0.15, 0.2) is 0 Å². The van der Waals surface area contributed by atoms with Crippen molar-refractivity contribution in [2.75, 3.05) is 6.61 Å². The molecule has 0 radical (unpaired) electrons. The third-order valence-corrected chi connectivity index (χ3v) is 3.92. The van der Waals surface area contributed by atoms with E-state index in [-0.39, 0.29) is 25.6 Å². The van der Waals surface area contributed by atoms with E-state index in [4.69, 9.17) is 5.11 Å². The van der Waals surface area contributed by atoms with Crippen molar-refractivity contribution in [3.05, 3.63) is 5.82 Å². The highest BCUT2D eigenvalue weighted by Gasteiger charge is 2.23. The molecular formula is C13H22N6O3. The Balaban J connectivity index is 1.81. The molecule has 1 heterocycles. The van der Waals surface area contributed by atoms with Crippen LogP contribution in [-0.2, 0) is 17.8 Å². The lowest BCUT2D eigenvalue weighted by atomic mass is 9.86. The van der Waals surface area contributed by atoms with Gasteiger partial charge in [0.1, 0.15) is 6.54 Å². The van der Waals surface area contributed by atoms with Crippen molar-refractivity contribution in [2.24, 2.45) is 5.92 Å². The summed E-state index contributed by atoms with van der Waals surface area (Å²) in [4.78, 5) is 23.7. The van der Waals surface area contributed by atoms with Crippen molar-refractivity contribution < 1.29 is 14.7 Å². The Kier molecular flexibility index (Phi) is 5.82. The molecule has 1 aliphatic carbocycles. The first-order valence-electron chi connectivity index (χ1n) is 7.56. The molecule has 1 aromatic rings. The summed E-state index contributed by atoms with van der Waals surface area (Å²) < 4.78 is 1.27. The first kappa shape index (κ1) is 16.3. The standard InChI is InChI=1S/C13H22N6O3/c1-9-4-2-3-5-10(9)14-13(22)15-12(21)8-19-11(6-7-20)16-17-18-19/h9-10,20H,2-8H2,1H3,(H2,14,15,21,22)/t9-,10+/m0/s1. The largest absolute Gasteiger partial charge is 0.396 e. The monoisotopic (exact) mass is 310 g/mol. The summed E-state index contributed by atoms with van der Waals surface area (Å²) in [6.45, 7) is 1.84. The van der Waals surface area contributed by atoms with Crippen LogP contribution in [0.1, 0.15) is 38.4 Å². The molecular weight excluding hydrogens is 288 g/mol. The first-order valence-corrected chi connectivity index (χ1v) is 7.56. The Morgan fingerprint density at radius 2 is 2.14 bits per heavy atom. The molecule has 3 amide bonds. The highest BCUT2D eigenvalue weighted by molar-refractivity contribution is 5.94.